The minimum absolute atomic E-state index is 0.0404. The second-order valence-electron chi connectivity index (χ2n) is 3.14. The van der Waals surface area contributed by atoms with Crippen LogP contribution in [-0.2, 0) is 9.53 Å². The van der Waals surface area contributed by atoms with E-state index in [1.54, 1.807) is 0 Å². The average molecular weight is 188 g/mol. The summed E-state index contributed by atoms with van der Waals surface area (Å²) in [4.78, 5) is 12.6. The van der Waals surface area contributed by atoms with E-state index < -0.39 is 5.97 Å². The molecule has 1 heterocycles. The quantitative estimate of drug-likeness (QED) is 0.599. The van der Waals surface area contributed by atoms with Crippen molar-refractivity contribution in [2.45, 2.75) is 12.5 Å². The highest BCUT2D eigenvalue weighted by Crippen LogP contribution is 2.06. The molecular formula is C8H16N2O3. The molecule has 0 aromatic carbocycles. The largest absolute Gasteiger partial charge is 0.481 e. The van der Waals surface area contributed by atoms with Crippen LogP contribution >= 0.6 is 0 Å². The second kappa shape index (κ2) is 5.16. The van der Waals surface area contributed by atoms with Crippen molar-refractivity contribution in [3.05, 3.63) is 0 Å². The van der Waals surface area contributed by atoms with Gasteiger partial charge in [0.1, 0.15) is 0 Å². The van der Waals surface area contributed by atoms with E-state index in [2.05, 4.69) is 4.90 Å². The van der Waals surface area contributed by atoms with Crippen molar-refractivity contribution in [3.8, 4) is 0 Å². The lowest BCUT2D eigenvalue weighted by Crippen LogP contribution is -2.47. The number of ether oxygens (including phenoxy) is 1. The van der Waals surface area contributed by atoms with E-state index in [9.17, 15) is 4.79 Å². The third-order valence-electron chi connectivity index (χ3n) is 2.24. The first-order valence-electron chi connectivity index (χ1n) is 4.47. The van der Waals surface area contributed by atoms with E-state index in [1.807, 2.05) is 0 Å². The number of hydrogen-bond donors (Lipinski definition) is 2. The zero-order valence-corrected chi connectivity index (χ0v) is 7.61. The summed E-state index contributed by atoms with van der Waals surface area (Å²) in [5.74, 6) is -0.790. The molecule has 0 radical (unpaired) electrons. The van der Waals surface area contributed by atoms with Gasteiger partial charge in [-0.3, -0.25) is 9.69 Å². The summed E-state index contributed by atoms with van der Waals surface area (Å²) in [5.41, 5.74) is 5.51. The van der Waals surface area contributed by atoms with Gasteiger partial charge in [0.25, 0.3) is 0 Å². The van der Waals surface area contributed by atoms with Gasteiger partial charge in [-0.2, -0.15) is 0 Å². The van der Waals surface area contributed by atoms with Crippen molar-refractivity contribution in [2.75, 3.05) is 32.8 Å². The molecule has 0 aromatic rings. The fraction of sp³-hybridized carbons (Fsp3) is 0.875. The van der Waals surface area contributed by atoms with Crippen LogP contribution in [0.1, 0.15) is 6.42 Å². The maximum absolute atomic E-state index is 10.5. The lowest BCUT2D eigenvalue weighted by molar-refractivity contribution is -0.138. The fourth-order valence-corrected chi connectivity index (χ4v) is 1.51. The first-order valence-corrected chi connectivity index (χ1v) is 4.47. The number of carboxylic acids is 1. The van der Waals surface area contributed by atoms with Crippen LogP contribution in [0, 0.1) is 0 Å². The van der Waals surface area contributed by atoms with Crippen molar-refractivity contribution in [2.24, 2.45) is 5.73 Å². The molecule has 1 aliphatic heterocycles. The van der Waals surface area contributed by atoms with E-state index in [4.69, 9.17) is 15.6 Å². The van der Waals surface area contributed by atoms with Crippen LogP contribution in [0.4, 0.5) is 0 Å². The van der Waals surface area contributed by atoms with Crippen molar-refractivity contribution in [1.29, 1.82) is 0 Å². The Morgan fingerprint density at radius 1 is 1.54 bits per heavy atom. The molecule has 13 heavy (non-hydrogen) atoms. The summed E-state index contributed by atoms with van der Waals surface area (Å²) >= 11 is 0. The van der Waals surface area contributed by atoms with Crippen molar-refractivity contribution in [3.63, 3.8) is 0 Å². The molecule has 1 saturated heterocycles. The highest BCUT2D eigenvalue weighted by Gasteiger charge is 2.21. The molecule has 3 N–H and O–H groups in total. The van der Waals surface area contributed by atoms with E-state index in [0.717, 1.165) is 13.1 Å². The Balaban J connectivity index is 2.39. The Hall–Kier alpha value is -0.650. The predicted octanol–water partition coefficient (Wildman–Crippen LogP) is -0.879. The summed E-state index contributed by atoms with van der Waals surface area (Å²) in [6.07, 6.45) is 0.122. The van der Waals surface area contributed by atoms with Gasteiger partial charge in [-0.1, -0.05) is 0 Å². The SMILES string of the molecule is NCC(CC(=O)O)N1CCOCC1. The highest BCUT2D eigenvalue weighted by molar-refractivity contribution is 5.67. The van der Waals surface area contributed by atoms with Crippen LogP contribution in [0.3, 0.4) is 0 Å². The van der Waals surface area contributed by atoms with Crippen LogP contribution in [0.2, 0.25) is 0 Å². The number of rotatable bonds is 4. The van der Waals surface area contributed by atoms with Gasteiger partial charge in [-0.25, -0.2) is 0 Å². The van der Waals surface area contributed by atoms with Gasteiger partial charge >= 0.3 is 5.97 Å². The number of carbonyl (C=O) groups is 1. The van der Waals surface area contributed by atoms with E-state index in [-0.39, 0.29) is 12.5 Å². The monoisotopic (exact) mass is 188 g/mol. The van der Waals surface area contributed by atoms with Gasteiger partial charge in [-0.15, -0.1) is 0 Å². The molecule has 1 rings (SSSR count). The molecule has 1 fully saturated rings. The molecule has 0 saturated carbocycles. The van der Waals surface area contributed by atoms with Crippen LogP contribution in [0.25, 0.3) is 0 Å². The van der Waals surface area contributed by atoms with Gasteiger partial charge in [-0.05, 0) is 0 Å². The number of carboxylic acid groups (broad SMARTS) is 1. The molecule has 0 aromatic heterocycles. The predicted molar refractivity (Wildman–Crippen MR) is 47.5 cm³/mol. The van der Waals surface area contributed by atoms with Crippen molar-refractivity contribution in [1.82, 2.24) is 4.90 Å². The summed E-state index contributed by atoms with van der Waals surface area (Å²) in [6.45, 7) is 3.32. The van der Waals surface area contributed by atoms with Gasteiger partial charge in [0.15, 0.2) is 0 Å². The summed E-state index contributed by atoms with van der Waals surface area (Å²) in [6, 6.07) is -0.0404. The molecular weight excluding hydrogens is 172 g/mol. The first kappa shape index (κ1) is 10.4. The Morgan fingerprint density at radius 2 is 2.15 bits per heavy atom. The van der Waals surface area contributed by atoms with Gasteiger partial charge in [0.05, 0.1) is 19.6 Å². The maximum atomic E-state index is 10.5. The van der Waals surface area contributed by atoms with Gasteiger partial charge in [0, 0.05) is 25.7 Å². The molecule has 1 unspecified atom stereocenters. The molecule has 1 aliphatic rings. The Labute approximate surface area is 77.5 Å². The third-order valence-corrected chi connectivity index (χ3v) is 2.24. The molecule has 0 aliphatic carbocycles. The van der Waals surface area contributed by atoms with Crippen LogP contribution in [-0.4, -0.2) is 54.9 Å². The number of morpholine rings is 1. The lowest BCUT2D eigenvalue weighted by atomic mass is 10.1. The Kier molecular flexibility index (Phi) is 4.14. The molecule has 76 valence electrons. The zero-order chi connectivity index (χ0) is 9.68. The summed E-state index contributed by atoms with van der Waals surface area (Å²) < 4.78 is 5.17. The fourth-order valence-electron chi connectivity index (χ4n) is 1.51. The van der Waals surface area contributed by atoms with E-state index in [1.165, 1.54) is 0 Å². The smallest absolute Gasteiger partial charge is 0.304 e. The molecule has 1 atom stereocenters. The normalized spacial score (nSPS) is 21.3. The van der Waals surface area contributed by atoms with Gasteiger partial charge in [0.2, 0.25) is 0 Å². The molecule has 0 amide bonds. The number of aliphatic carboxylic acids is 1. The van der Waals surface area contributed by atoms with E-state index in [0.29, 0.717) is 19.8 Å². The zero-order valence-electron chi connectivity index (χ0n) is 7.61. The number of hydrogen-bond acceptors (Lipinski definition) is 4. The van der Waals surface area contributed by atoms with Crippen molar-refractivity contribution < 1.29 is 14.6 Å². The van der Waals surface area contributed by atoms with Gasteiger partial charge < -0.3 is 15.6 Å². The van der Waals surface area contributed by atoms with E-state index >= 15 is 0 Å². The minimum Gasteiger partial charge on any atom is -0.481 e. The molecule has 5 nitrogen and oxygen atoms in total. The minimum atomic E-state index is -0.790. The highest BCUT2D eigenvalue weighted by atomic mass is 16.5. The summed E-state index contributed by atoms with van der Waals surface area (Å²) in [7, 11) is 0. The first-order chi connectivity index (χ1) is 6.24. The lowest BCUT2D eigenvalue weighted by Gasteiger charge is -2.32. The number of nitrogens with zero attached hydrogens (tertiary/aromatic N) is 1. The molecule has 5 heteroatoms. The Bertz CT molecular complexity index is 169. The second-order valence-corrected chi connectivity index (χ2v) is 3.14. The van der Waals surface area contributed by atoms with Crippen LogP contribution in [0.5, 0.6) is 0 Å². The topological polar surface area (TPSA) is 75.8 Å². The molecule has 0 bridgehead atoms. The summed E-state index contributed by atoms with van der Waals surface area (Å²) in [5, 5.41) is 8.63. The molecule has 0 spiro atoms. The van der Waals surface area contributed by atoms with Crippen LogP contribution < -0.4 is 5.73 Å². The number of nitrogens with two attached hydrogens (primary N) is 1. The standard InChI is InChI=1S/C8H16N2O3/c9-6-7(5-8(11)12)10-1-3-13-4-2-10/h7H,1-6,9H2,(H,11,12). The third kappa shape index (κ3) is 3.30. The maximum Gasteiger partial charge on any atom is 0.304 e. The Morgan fingerprint density at radius 3 is 2.62 bits per heavy atom. The van der Waals surface area contributed by atoms with Crippen molar-refractivity contribution >= 4 is 5.97 Å². The van der Waals surface area contributed by atoms with Crippen LogP contribution in [0.15, 0.2) is 0 Å². The average Bonchev–Trinajstić information content (AvgIpc) is 2.15.